The Labute approximate surface area is 138 Å². The highest BCUT2D eigenvalue weighted by molar-refractivity contribution is 8.19. The Kier molecular flexibility index (Phi) is 5.59. The summed E-state index contributed by atoms with van der Waals surface area (Å²) in [6.45, 7) is 3.99. The second kappa shape index (κ2) is 7.64. The number of carbonyl (C=O) groups is 2. The van der Waals surface area contributed by atoms with E-state index >= 15 is 0 Å². The van der Waals surface area contributed by atoms with Gasteiger partial charge in [0, 0.05) is 6.08 Å². The monoisotopic (exact) mass is 332 g/mol. The highest BCUT2D eigenvalue weighted by Gasteiger charge is 2.35. The zero-order valence-corrected chi connectivity index (χ0v) is 13.6. The molecule has 1 heterocycles. The second-order valence-corrected chi connectivity index (χ2v) is 5.39. The summed E-state index contributed by atoms with van der Waals surface area (Å²) in [5.41, 5.74) is 0.638. The van der Waals surface area contributed by atoms with Crippen LogP contribution in [-0.2, 0) is 14.3 Å². The summed E-state index contributed by atoms with van der Waals surface area (Å²) in [6.07, 6.45) is 2.80. The van der Waals surface area contributed by atoms with E-state index < -0.39 is 5.97 Å². The first-order valence-corrected chi connectivity index (χ1v) is 7.53. The summed E-state index contributed by atoms with van der Waals surface area (Å²) < 4.78 is 9.69. The molecule has 1 aliphatic heterocycles. The maximum absolute atomic E-state index is 12.6. The molecule has 1 aromatic rings. The number of hydrogen-bond donors (Lipinski definition) is 0. The van der Waals surface area contributed by atoms with Gasteiger partial charge in [-0.3, -0.25) is 14.7 Å². The first-order valence-electron chi connectivity index (χ1n) is 6.72. The van der Waals surface area contributed by atoms with Gasteiger partial charge in [-0.05, 0) is 36.0 Å². The van der Waals surface area contributed by atoms with Crippen LogP contribution in [0.4, 0.5) is 5.69 Å². The SMILES string of the molecule is C=CCN=C1SC(=CC(=O)OC)C(=O)N1c1ccc(OC)cc1. The fraction of sp³-hybridized carbons (Fsp3) is 0.188. The minimum atomic E-state index is -0.583. The number of benzene rings is 1. The third-order valence-corrected chi connectivity index (χ3v) is 3.95. The zero-order chi connectivity index (χ0) is 16.8. The Morgan fingerprint density at radius 3 is 2.61 bits per heavy atom. The Morgan fingerprint density at radius 2 is 2.04 bits per heavy atom. The summed E-state index contributed by atoms with van der Waals surface area (Å²) in [6, 6.07) is 7.00. The van der Waals surface area contributed by atoms with E-state index in [1.165, 1.54) is 18.1 Å². The fourth-order valence-electron chi connectivity index (χ4n) is 1.85. The predicted molar refractivity (Wildman–Crippen MR) is 90.7 cm³/mol. The lowest BCUT2D eigenvalue weighted by molar-refractivity contribution is -0.135. The molecule has 0 bridgehead atoms. The number of ether oxygens (including phenoxy) is 2. The van der Waals surface area contributed by atoms with Crippen LogP contribution in [0.1, 0.15) is 0 Å². The van der Waals surface area contributed by atoms with Gasteiger partial charge < -0.3 is 9.47 Å². The van der Waals surface area contributed by atoms with Gasteiger partial charge in [0.1, 0.15) is 5.75 Å². The molecule has 0 N–H and O–H groups in total. The zero-order valence-electron chi connectivity index (χ0n) is 12.8. The van der Waals surface area contributed by atoms with Gasteiger partial charge in [0.15, 0.2) is 5.17 Å². The fourth-order valence-corrected chi connectivity index (χ4v) is 2.80. The van der Waals surface area contributed by atoms with Gasteiger partial charge in [0.2, 0.25) is 0 Å². The van der Waals surface area contributed by atoms with E-state index in [0.717, 1.165) is 11.8 Å². The van der Waals surface area contributed by atoms with E-state index in [1.54, 1.807) is 37.5 Å². The number of anilines is 1. The van der Waals surface area contributed by atoms with Gasteiger partial charge in [-0.25, -0.2) is 4.79 Å². The summed E-state index contributed by atoms with van der Waals surface area (Å²) in [7, 11) is 2.83. The molecule has 1 aliphatic rings. The number of rotatable bonds is 5. The number of methoxy groups -OCH3 is 2. The van der Waals surface area contributed by atoms with Crippen LogP contribution in [0.5, 0.6) is 5.75 Å². The number of thioether (sulfide) groups is 1. The molecular formula is C16H16N2O4S. The molecule has 23 heavy (non-hydrogen) atoms. The Morgan fingerprint density at radius 1 is 1.35 bits per heavy atom. The van der Waals surface area contributed by atoms with Crippen molar-refractivity contribution in [3.05, 3.63) is 47.9 Å². The molecular weight excluding hydrogens is 316 g/mol. The average Bonchev–Trinajstić information content (AvgIpc) is 2.88. The lowest BCUT2D eigenvalue weighted by atomic mass is 10.2. The molecule has 6 nitrogen and oxygen atoms in total. The summed E-state index contributed by atoms with van der Waals surface area (Å²) >= 11 is 1.12. The van der Waals surface area contributed by atoms with E-state index in [4.69, 9.17) is 4.74 Å². The van der Waals surface area contributed by atoms with Crippen molar-refractivity contribution >= 4 is 34.5 Å². The third kappa shape index (κ3) is 3.81. The molecule has 0 aliphatic carbocycles. The second-order valence-electron chi connectivity index (χ2n) is 4.38. The van der Waals surface area contributed by atoms with Crippen molar-refractivity contribution in [2.24, 2.45) is 4.99 Å². The quantitative estimate of drug-likeness (QED) is 0.470. The Bertz CT molecular complexity index is 680. The van der Waals surface area contributed by atoms with E-state index in [0.29, 0.717) is 23.1 Å². The normalized spacial score (nSPS) is 17.7. The summed E-state index contributed by atoms with van der Waals surface area (Å²) in [5, 5.41) is 0.482. The van der Waals surface area contributed by atoms with E-state index in [1.807, 2.05) is 0 Å². The molecule has 1 saturated heterocycles. The van der Waals surface area contributed by atoms with Gasteiger partial charge in [0.05, 0.1) is 31.4 Å². The third-order valence-electron chi connectivity index (χ3n) is 2.94. The van der Waals surface area contributed by atoms with Crippen LogP contribution in [-0.4, -0.2) is 37.8 Å². The molecule has 1 fully saturated rings. The first kappa shape index (κ1) is 16.8. The van der Waals surface area contributed by atoms with Crippen molar-refractivity contribution in [2.45, 2.75) is 0 Å². The molecule has 0 atom stereocenters. The molecule has 0 aromatic heterocycles. The van der Waals surface area contributed by atoms with Gasteiger partial charge in [-0.15, -0.1) is 6.58 Å². The highest BCUT2D eigenvalue weighted by Crippen LogP contribution is 2.35. The summed E-state index contributed by atoms with van der Waals surface area (Å²) in [4.78, 5) is 30.0. The Hall–Kier alpha value is -2.54. The number of nitrogens with zero attached hydrogens (tertiary/aromatic N) is 2. The van der Waals surface area contributed by atoms with Crippen molar-refractivity contribution in [1.29, 1.82) is 0 Å². The highest BCUT2D eigenvalue weighted by atomic mass is 32.2. The average molecular weight is 332 g/mol. The topological polar surface area (TPSA) is 68.2 Å². The van der Waals surface area contributed by atoms with Crippen LogP contribution < -0.4 is 9.64 Å². The van der Waals surface area contributed by atoms with Gasteiger partial charge in [-0.2, -0.15) is 0 Å². The number of amidine groups is 1. The van der Waals surface area contributed by atoms with E-state index in [2.05, 4.69) is 16.3 Å². The lowest BCUT2D eigenvalue weighted by Gasteiger charge is -2.15. The number of amides is 1. The van der Waals surface area contributed by atoms with Crippen molar-refractivity contribution in [2.75, 3.05) is 25.7 Å². The standard InChI is InChI=1S/C16H16N2O4S/c1-4-9-17-16-18(11-5-7-12(21-2)8-6-11)15(20)13(23-16)10-14(19)22-3/h4-8,10H,1,9H2,2-3H3. The first-order chi connectivity index (χ1) is 11.1. The van der Waals surface area contributed by atoms with Crippen LogP contribution in [0.25, 0.3) is 0 Å². The largest absolute Gasteiger partial charge is 0.497 e. The minimum Gasteiger partial charge on any atom is -0.497 e. The molecule has 2 rings (SSSR count). The van der Waals surface area contributed by atoms with Crippen LogP contribution in [0.3, 0.4) is 0 Å². The lowest BCUT2D eigenvalue weighted by Crippen LogP contribution is -2.29. The molecule has 1 amide bonds. The van der Waals surface area contributed by atoms with Crippen molar-refractivity contribution < 1.29 is 19.1 Å². The molecule has 0 spiro atoms. The number of carbonyl (C=O) groups excluding carboxylic acids is 2. The number of hydrogen-bond acceptors (Lipinski definition) is 6. The van der Waals surface area contributed by atoms with Crippen LogP contribution >= 0.6 is 11.8 Å². The summed E-state index contributed by atoms with van der Waals surface area (Å²) in [5.74, 6) is -0.225. The molecule has 0 radical (unpaired) electrons. The molecule has 0 saturated carbocycles. The maximum atomic E-state index is 12.6. The maximum Gasteiger partial charge on any atom is 0.331 e. The van der Waals surface area contributed by atoms with Gasteiger partial charge in [-0.1, -0.05) is 6.08 Å². The molecule has 0 unspecified atom stereocenters. The van der Waals surface area contributed by atoms with Crippen LogP contribution in [0.2, 0.25) is 0 Å². The minimum absolute atomic E-state index is 0.260. The van der Waals surface area contributed by atoms with Crippen LogP contribution in [0, 0.1) is 0 Å². The van der Waals surface area contributed by atoms with Gasteiger partial charge in [0.25, 0.3) is 5.91 Å². The smallest absolute Gasteiger partial charge is 0.331 e. The van der Waals surface area contributed by atoms with Crippen LogP contribution in [0.15, 0.2) is 52.9 Å². The van der Waals surface area contributed by atoms with E-state index in [-0.39, 0.29) is 10.8 Å². The van der Waals surface area contributed by atoms with Crippen molar-refractivity contribution in [1.82, 2.24) is 0 Å². The number of aliphatic imine (C=N–C) groups is 1. The number of esters is 1. The van der Waals surface area contributed by atoms with Crippen molar-refractivity contribution in [3.63, 3.8) is 0 Å². The predicted octanol–water partition coefficient (Wildman–Crippen LogP) is 2.37. The molecule has 120 valence electrons. The van der Waals surface area contributed by atoms with E-state index in [9.17, 15) is 9.59 Å². The van der Waals surface area contributed by atoms with Crippen molar-refractivity contribution in [3.8, 4) is 5.75 Å². The Balaban J connectivity index is 2.39. The molecule has 1 aromatic carbocycles. The van der Waals surface area contributed by atoms with Gasteiger partial charge >= 0.3 is 5.97 Å². The molecule has 7 heteroatoms.